The number of rotatable bonds is 15. The second-order valence-electron chi connectivity index (χ2n) is 5.85. The normalized spacial score (nSPS) is 8.90. The number of carboxylic acid groups (broad SMARTS) is 6. The molecule has 0 N–H and O–H groups in total. The summed E-state index contributed by atoms with van der Waals surface area (Å²) in [6.45, 7) is 0. The summed E-state index contributed by atoms with van der Waals surface area (Å²) < 4.78 is 0. The van der Waals surface area contributed by atoms with E-state index in [1.54, 1.807) is 0 Å². The van der Waals surface area contributed by atoms with Crippen LogP contribution in [0, 0.1) is 0 Å². The number of carbonyl (C=O) groups excluding carboxylic acids is 6. The van der Waals surface area contributed by atoms with Crippen molar-refractivity contribution in [3.63, 3.8) is 0 Å². The molecular formula is C18H24MoO12-6. The number of aliphatic carboxylic acids is 6. The summed E-state index contributed by atoms with van der Waals surface area (Å²) in [5.41, 5.74) is 0. The van der Waals surface area contributed by atoms with Gasteiger partial charge in [0.1, 0.15) is 0 Å². The average molecular weight is 528 g/mol. The zero-order chi connectivity index (χ0) is 23.9. The van der Waals surface area contributed by atoms with E-state index in [1.165, 1.54) is 0 Å². The number of carboxylic acids is 6. The molecule has 0 aromatic rings. The van der Waals surface area contributed by atoms with Gasteiger partial charge in [-0.25, -0.2) is 0 Å². The van der Waals surface area contributed by atoms with E-state index in [1.807, 2.05) is 0 Å². The SMILES string of the molecule is O=C([O-])CCCCC(=O)[O-].O=C([O-])CCCCC(=O)[O-].O=C([O-])CCCCC(=O)[O-].[Mo]. The third-order valence-corrected chi connectivity index (χ3v) is 3.04. The van der Waals surface area contributed by atoms with E-state index in [0.717, 1.165) is 0 Å². The molecule has 0 heterocycles. The molecule has 0 aromatic carbocycles. The van der Waals surface area contributed by atoms with Crippen LogP contribution in [-0.4, -0.2) is 35.8 Å². The molecular weight excluding hydrogens is 504 g/mol. The van der Waals surface area contributed by atoms with Crippen molar-refractivity contribution in [2.24, 2.45) is 0 Å². The van der Waals surface area contributed by atoms with Crippen LogP contribution in [0.3, 0.4) is 0 Å². The van der Waals surface area contributed by atoms with Crippen LogP contribution >= 0.6 is 0 Å². The Kier molecular flexibility index (Phi) is 29.6. The summed E-state index contributed by atoms with van der Waals surface area (Å²) in [7, 11) is 0. The maximum Gasteiger partial charge on any atom is 0.0414 e. The second-order valence-corrected chi connectivity index (χ2v) is 5.85. The van der Waals surface area contributed by atoms with Crippen molar-refractivity contribution in [1.82, 2.24) is 0 Å². The predicted octanol–water partition coefficient (Wildman–Crippen LogP) is -5.86. The number of carbonyl (C=O) groups is 6. The minimum atomic E-state index is -1.14. The summed E-state index contributed by atoms with van der Waals surface area (Å²) in [4.78, 5) is 58.6. The molecule has 13 heteroatoms. The van der Waals surface area contributed by atoms with Gasteiger partial charge in [-0.05, 0) is 77.0 Å². The van der Waals surface area contributed by atoms with Gasteiger partial charge in [0, 0.05) is 56.9 Å². The fourth-order valence-electron chi connectivity index (χ4n) is 1.62. The van der Waals surface area contributed by atoms with Gasteiger partial charge in [0.15, 0.2) is 0 Å². The van der Waals surface area contributed by atoms with E-state index < -0.39 is 35.8 Å². The van der Waals surface area contributed by atoms with E-state index in [0.29, 0.717) is 38.5 Å². The van der Waals surface area contributed by atoms with Gasteiger partial charge >= 0.3 is 0 Å². The Labute approximate surface area is 193 Å². The molecule has 0 aliphatic rings. The van der Waals surface area contributed by atoms with Crippen molar-refractivity contribution >= 4 is 35.8 Å². The fraction of sp³-hybridized carbons (Fsp3) is 0.667. The van der Waals surface area contributed by atoms with E-state index >= 15 is 0 Å². The smallest absolute Gasteiger partial charge is 0.0414 e. The molecule has 0 aromatic heterocycles. The second kappa shape index (κ2) is 25.5. The van der Waals surface area contributed by atoms with Gasteiger partial charge in [-0.15, -0.1) is 0 Å². The fourth-order valence-corrected chi connectivity index (χ4v) is 1.62. The zero-order valence-corrected chi connectivity index (χ0v) is 18.8. The molecule has 0 fully saturated rings. The largest absolute Gasteiger partial charge is 0.550 e. The molecule has 0 bridgehead atoms. The molecule has 0 aliphatic carbocycles. The van der Waals surface area contributed by atoms with Gasteiger partial charge in [0.2, 0.25) is 0 Å². The minimum absolute atomic E-state index is 0. The summed E-state index contributed by atoms with van der Waals surface area (Å²) in [5, 5.41) is 58.6. The zero-order valence-electron chi connectivity index (χ0n) is 16.8. The average Bonchev–Trinajstić information content (AvgIpc) is 2.60. The monoisotopic (exact) mass is 530 g/mol. The third kappa shape index (κ3) is 52.3. The van der Waals surface area contributed by atoms with Crippen LogP contribution in [0.15, 0.2) is 0 Å². The van der Waals surface area contributed by atoms with Crippen molar-refractivity contribution in [3.05, 3.63) is 0 Å². The first-order valence-corrected chi connectivity index (χ1v) is 9.07. The third-order valence-electron chi connectivity index (χ3n) is 3.04. The molecule has 0 atom stereocenters. The van der Waals surface area contributed by atoms with Gasteiger partial charge in [-0.3, -0.25) is 0 Å². The van der Waals surface area contributed by atoms with Crippen LogP contribution in [0.5, 0.6) is 0 Å². The maximum absolute atomic E-state index is 9.77. The molecule has 0 saturated heterocycles. The molecule has 12 nitrogen and oxygen atoms in total. The van der Waals surface area contributed by atoms with Crippen LogP contribution in [0.4, 0.5) is 0 Å². The van der Waals surface area contributed by atoms with E-state index in [-0.39, 0.29) is 59.6 Å². The Hall–Kier alpha value is -2.49. The number of hydrogen-bond acceptors (Lipinski definition) is 12. The van der Waals surface area contributed by atoms with E-state index in [9.17, 15) is 59.4 Å². The van der Waals surface area contributed by atoms with Crippen molar-refractivity contribution in [2.45, 2.75) is 77.0 Å². The molecule has 31 heavy (non-hydrogen) atoms. The molecule has 0 spiro atoms. The first kappa shape index (κ1) is 35.9. The quantitative estimate of drug-likeness (QED) is 0.143. The van der Waals surface area contributed by atoms with Crippen molar-refractivity contribution in [2.75, 3.05) is 0 Å². The Morgan fingerprint density at radius 2 is 0.419 bits per heavy atom. The van der Waals surface area contributed by atoms with Gasteiger partial charge in [-0.2, -0.15) is 0 Å². The summed E-state index contributed by atoms with van der Waals surface area (Å²) in [6, 6.07) is 0. The van der Waals surface area contributed by atoms with E-state index in [2.05, 4.69) is 0 Å². The number of hydrogen-bond donors (Lipinski definition) is 0. The van der Waals surface area contributed by atoms with Gasteiger partial charge in [-0.1, -0.05) is 0 Å². The van der Waals surface area contributed by atoms with Gasteiger partial charge in [0.25, 0.3) is 0 Å². The van der Waals surface area contributed by atoms with Gasteiger partial charge < -0.3 is 59.4 Å². The Morgan fingerprint density at radius 1 is 0.323 bits per heavy atom. The Balaban J connectivity index is -0.000000174. The van der Waals surface area contributed by atoms with Crippen molar-refractivity contribution in [1.29, 1.82) is 0 Å². The molecule has 0 aliphatic heterocycles. The first-order chi connectivity index (χ1) is 13.9. The molecule has 0 radical (unpaired) electrons. The summed E-state index contributed by atoms with van der Waals surface area (Å²) in [6.07, 6.45) is 1.60. The standard InChI is InChI=1S/3C6H10O4.Mo/c3*7-5(8)3-1-2-4-6(9)10;/h3*1-4H2,(H,7,8)(H,9,10);/p-6. The minimum Gasteiger partial charge on any atom is -0.550 e. The van der Waals surface area contributed by atoms with E-state index in [4.69, 9.17) is 0 Å². The summed E-state index contributed by atoms with van der Waals surface area (Å²) >= 11 is 0. The number of unbranched alkanes of at least 4 members (excludes halogenated alkanes) is 3. The Bertz CT molecular complexity index is 424. The molecule has 0 rings (SSSR count). The topological polar surface area (TPSA) is 241 Å². The first-order valence-electron chi connectivity index (χ1n) is 9.07. The predicted molar refractivity (Wildman–Crippen MR) is 85.4 cm³/mol. The maximum atomic E-state index is 9.77. The van der Waals surface area contributed by atoms with Crippen LogP contribution in [0.1, 0.15) is 77.0 Å². The van der Waals surface area contributed by atoms with Crippen LogP contribution < -0.4 is 30.6 Å². The van der Waals surface area contributed by atoms with Crippen molar-refractivity contribution in [3.8, 4) is 0 Å². The van der Waals surface area contributed by atoms with Crippen LogP contribution in [0.2, 0.25) is 0 Å². The Morgan fingerprint density at radius 3 is 0.484 bits per heavy atom. The van der Waals surface area contributed by atoms with Gasteiger partial charge in [0.05, 0.1) is 0 Å². The van der Waals surface area contributed by atoms with Crippen molar-refractivity contribution < 1.29 is 80.5 Å². The molecule has 0 unspecified atom stereocenters. The van der Waals surface area contributed by atoms with Crippen LogP contribution in [-0.2, 0) is 49.8 Å². The molecule has 180 valence electrons. The molecule has 0 saturated carbocycles. The summed E-state index contributed by atoms with van der Waals surface area (Å²) in [5.74, 6) is -6.84. The molecule has 0 amide bonds. The van der Waals surface area contributed by atoms with Crippen LogP contribution in [0.25, 0.3) is 0 Å².